The van der Waals surface area contributed by atoms with E-state index in [0.29, 0.717) is 0 Å². The number of nitrogens with two attached hydrogens (primary N) is 1. The molecule has 1 aromatic carbocycles. The fraction of sp³-hybridized carbons (Fsp3) is 0.462. The lowest BCUT2D eigenvalue weighted by Gasteiger charge is -2.30. The zero-order chi connectivity index (χ0) is 15.7. The van der Waals surface area contributed by atoms with Crippen molar-refractivity contribution >= 4 is 30.0 Å². The molecule has 0 fully saturated rings. The number of esters is 1. The van der Waals surface area contributed by atoms with Crippen LogP contribution in [0.2, 0.25) is 5.02 Å². The Balaban J connectivity index is 0.00000400. The minimum absolute atomic E-state index is 0. The normalized spacial score (nSPS) is 13.3. The minimum Gasteiger partial charge on any atom is -0.469 e. The first-order valence-electron chi connectivity index (χ1n) is 5.72. The highest BCUT2D eigenvalue weighted by atomic mass is 35.5. The molecule has 1 rings (SSSR count). The number of carbonyl (C=O) groups is 1. The molecule has 2 N–H and O–H groups in total. The molecule has 0 aliphatic heterocycles. The highest BCUT2D eigenvalue weighted by Gasteiger charge is 2.42. The van der Waals surface area contributed by atoms with E-state index < -0.39 is 29.2 Å². The molecule has 3 nitrogen and oxygen atoms in total. The molecular weight excluding hydrogens is 330 g/mol. The molecule has 0 aliphatic rings. The molecule has 0 saturated heterocycles. The first-order valence-corrected chi connectivity index (χ1v) is 6.10. The Hall–Kier alpha value is -0.980. The Morgan fingerprint density at radius 2 is 1.86 bits per heavy atom. The van der Waals surface area contributed by atoms with Crippen LogP contribution in [0.25, 0.3) is 0 Å². The molecular formula is C13H16Cl2F3NO2. The predicted molar refractivity (Wildman–Crippen MR) is 76.4 cm³/mol. The van der Waals surface area contributed by atoms with Crippen molar-refractivity contribution in [1.82, 2.24) is 0 Å². The van der Waals surface area contributed by atoms with Crippen LogP contribution in [0, 0.1) is 5.41 Å². The molecule has 0 radical (unpaired) electrons. The van der Waals surface area contributed by atoms with Gasteiger partial charge in [0.05, 0.1) is 18.1 Å². The number of rotatable bonds is 3. The van der Waals surface area contributed by atoms with E-state index in [0.717, 1.165) is 13.2 Å². The van der Waals surface area contributed by atoms with Crippen molar-refractivity contribution in [3.8, 4) is 0 Å². The standard InChI is InChI=1S/C13H15ClF3NO2.ClH/c1-12(2,11(19)20-3)10(18)8-5-4-7(14)6-9(8)13(15,16)17;/h4-6,10H,18H2,1-3H3;1H/t10-;/m1./s1. The molecule has 21 heavy (non-hydrogen) atoms. The second-order valence-corrected chi connectivity index (χ2v) is 5.36. The Morgan fingerprint density at radius 1 is 1.33 bits per heavy atom. The van der Waals surface area contributed by atoms with Crippen LogP contribution in [0.5, 0.6) is 0 Å². The summed E-state index contributed by atoms with van der Waals surface area (Å²) >= 11 is 5.60. The van der Waals surface area contributed by atoms with Crippen molar-refractivity contribution < 1.29 is 22.7 Å². The van der Waals surface area contributed by atoms with Crippen molar-refractivity contribution in [2.24, 2.45) is 11.1 Å². The molecule has 8 heteroatoms. The third-order valence-corrected chi connectivity index (χ3v) is 3.38. The highest BCUT2D eigenvalue weighted by molar-refractivity contribution is 6.30. The summed E-state index contributed by atoms with van der Waals surface area (Å²) in [4.78, 5) is 11.7. The molecule has 1 atom stereocenters. The Morgan fingerprint density at radius 3 is 2.29 bits per heavy atom. The maximum absolute atomic E-state index is 13.0. The lowest BCUT2D eigenvalue weighted by atomic mass is 9.79. The molecule has 1 aromatic rings. The van der Waals surface area contributed by atoms with E-state index in [2.05, 4.69) is 4.74 Å². The summed E-state index contributed by atoms with van der Waals surface area (Å²) in [6.45, 7) is 2.86. The van der Waals surface area contributed by atoms with Gasteiger partial charge >= 0.3 is 12.1 Å². The summed E-state index contributed by atoms with van der Waals surface area (Å²) in [6.07, 6.45) is -4.61. The SMILES string of the molecule is COC(=O)C(C)(C)[C@H](N)c1ccc(Cl)cc1C(F)(F)F.Cl. The summed E-state index contributed by atoms with van der Waals surface area (Å²) in [5.41, 5.74) is 3.40. The van der Waals surface area contributed by atoms with Crippen molar-refractivity contribution in [3.63, 3.8) is 0 Å². The molecule has 0 heterocycles. The maximum Gasteiger partial charge on any atom is 0.416 e. The lowest BCUT2D eigenvalue weighted by Crippen LogP contribution is -2.38. The van der Waals surface area contributed by atoms with Gasteiger partial charge in [0.2, 0.25) is 0 Å². The fourth-order valence-electron chi connectivity index (χ4n) is 1.82. The summed E-state index contributed by atoms with van der Waals surface area (Å²) in [5.74, 6) is -0.687. The number of carbonyl (C=O) groups excluding carboxylic acids is 1. The lowest BCUT2D eigenvalue weighted by molar-refractivity contribution is -0.153. The largest absolute Gasteiger partial charge is 0.469 e. The van der Waals surface area contributed by atoms with Gasteiger partial charge in [0.15, 0.2) is 0 Å². The summed E-state index contributed by atoms with van der Waals surface area (Å²) in [7, 11) is 1.16. The van der Waals surface area contributed by atoms with Gasteiger partial charge in [-0.25, -0.2) is 0 Å². The van der Waals surface area contributed by atoms with Gasteiger partial charge in [-0.15, -0.1) is 12.4 Å². The van der Waals surface area contributed by atoms with Crippen LogP contribution in [-0.2, 0) is 15.7 Å². The van der Waals surface area contributed by atoms with Crippen LogP contribution in [-0.4, -0.2) is 13.1 Å². The third kappa shape index (κ3) is 4.25. The number of hydrogen-bond acceptors (Lipinski definition) is 3. The zero-order valence-corrected chi connectivity index (χ0v) is 13.2. The quantitative estimate of drug-likeness (QED) is 0.843. The summed E-state index contributed by atoms with van der Waals surface area (Å²) < 4.78 is 43.7. The van der Waals surface area contributed by atoms with Crippen LogP contribution in [0.3, 0.4) is 0 Å². The van der Waals surface area contributed by atoms with Crippen LogP contribution >= 0.6 is 24.0 Å². The van der Waals surface area contributed by atoms with Gasteiger partial charge in [0, 0.05) is 11.1 Å². The van der Waals surface area contributed by atoms with Gasteiger partial charge < -0.3 is 10.5 Å². The second kappa shape index (κ2) is 6.85. The zero-order valence-electron chi connectivity index (χ0n) is 11.6. The second-order valence-electron chi connectivity index (χ2n) is 4.92. The molecule has 0 saturated carbocycles. The summed E-state index contributed by atoms with van der Waals surface area (Å²) in [5, 5.41) is -0.0517. The molecule has 0 amide bonds. The van der Waals surface area contributed by atoms with E-state index in [1.165, 1.54) is 26.0 Å². The van der Waals surface area contributed by atoms with Gasteiger partial charge in [-0.1, -0.05) is 17.7 Å². The van der Waals surface area contributed by atoms with E-state index in [1.54, 1.807) is 0 Å². The van der Waals surface area contributed by atoms with Gasteiger partial charge in [-0.2, -0.15) is 13.2 Å². The predicted octanol–water partition coefficient (Wildman–Crippen LogP) is 3.98. The molecule has 0 aromatic heterocycles. The van der Waals surface area contributed by atoms with Crippen LogP contribution < -0.4 is 5.73 Å². The molecule has 0 unspecified atom stereocenters. The van der Waals surface area contributed by atoms with Gasteiger partial charge in [-0.05, 0) is 31.5 Å². The molecule has 120 valence electrons. The fourth-order valence-corrected chi connectivity index (χ4v) is 2.00. The van der Waals surface area contributed by atoms with Crippen LogP contribution in [0.1, 0.15) is 31.0 Å². The maximum atomic E-state index is 13.0. The molecule has 0 spiro atoms. The average Bonchev–Trinajstić information content (AvgIpc) is 2.35. The van der Waals surface area contributed by atoms with Crippen molar-refractivity contribution in [2.45, 2.75) is 26.1 Å². The minimum atomic E-state index is -4.61. The Labute approximate surface area is 132 Å². The Bertz CT molecular complexity index is 519. The number of alkyl halides is 3. The highest BCUT2D eigenvalue weighted by Crippen LogP contribution is 2.41. The van der Waals surface area contributed by atoms with E-state index in [-0.39, 0.29) is 23.0 Å². The third-order valence-electron chi connectivity index (χ3n) is 3.14. The first kappa shape index (κ1) is 20.0. The monoisotopic (exact) mass is 345 g/mol. The number of benzene rings is 1. The van der Waals surface area contributed by atoms with Crippen LogP contribution in [0.4, 0.5) is 13.2 Å². The number of methoxy groups -OCH3 is 1. The average molecular weight is 346 g/mol. The first-order chi connectivity index (χ1) is 9.01. The van der Waals surface area contributed by atoms with Gasteiger partial charge in [0.1, 0.15) is 0 Å². The van der Waals surface area contributed by atoms with E-state index in [4.69, 9.17) is 17.3 Å². The number of hydrogen-bond donors (Lipinski definition) is 1. The smallest absolute Gasteiger partial charge is 0.416 e. The number of halogens is 5. The van der Waals surface area contributed by atoms with Crippen molar-refractivity contribution in [3.05, 3.63) is 34.3 Å². The van der Waals surface area contributed by atoms with Crippen molar-refractivity contribution in [1.29, 1.82) is 0 Å². The van der Waals surface area contributed by atoms with E-state index in [1.807, 2.05) is 0 Å². The van der Waals surface area contributed by atoms with E-state index in [9.17, 15) is 18.0 Å². The number of ether oxygens (including phenoxy) is 1. The Kier molecular flexibility index (Phi) is 6.53. The summed E-state index contributed by atoms with van der Waals surface area (Å²) in [6, 6.07) is 2.10. The van der Waals surface area contributed by atoms with Crippen LogP contribution in [0.15, 0.2) is 18.2 Å². The van der Waals surface area contributed by atoms with Gasteiger partial charge in [0.25, 0.3) is 0 Å². The molecule has 0 bridgehead atoms. The molecule has 0 aliphatic carbocycles. The van der Waals surface area contributed by atoms with E-state index >= 15 is 0 Å². The van der Waals surface area contributed by atoms with Crippen molar-refractivity contribution in [2.75, 3.05) is 7.11 Å². The topological polar surface area (TPSA) is 52.3 Å². The van der Waals surface area contributed by atoms with Gasteiger partial charge in [-0.3, -0.25) is 4.79 Å².